The van der Waals surface area contributed by atoms with Gasteiger partial charge in [0.15, 0.2) is 0 Å². The van der Waals surface area contributed by atoms with E-state index in [1.807, 2.05) is 30.5 Å². The Hall–Kier alpha value is -1.19. The van der Waals surface area contributed by atoms with E-state index in [0.717, 1.165) is 41.5 Å². The highest BCUT2D eigenvalue weighted by Gasteiger charge is 2.00. The first kappa shape index (κ1) is 14.2. The van der Waals surface area contributed by atoms with Gasteiger partial charge in [0.1, 0.15) is 0 Å². The van der Waals surface area contributed by atoms with Crippen LogP contribution in [0.15, 0.2) is 42.6 Å². The third-order valence-electron chi connectivity index (χ3n) is 2.87. The molecule has 0 fully saturated rings. The van der Waals surface area contributed by atoms with Gasteiger partial charge in [0.05, 0.1) is 0 Å². The Morgan fingerprint density at radius 1 is 1.16 bits per heavy atom. The Morgan fingerprint density at radius 2 is 2.00 bits per heavy atom. The van der Waals surface area contributed by atoms with Crippen molar-refractivity contribution in [3.8, 4) is 0 Å². The highest BCUT2D eigenvalue weighted by Crippen LogP contribution is 2.16. The molecule has 19 heavy (non-hydrogen) atoms. The predicted octanol–water partition coefficient (Wildman–Crippen LogP) is 3.86. The maximum atomic E-state index is 6.13. The standard InChI is InChI=1S/C15H17ClN2S/c16-15-4-2-1-3-12(15)5-8-17-13-6-9-18-14(11-13)7-10-19/h1-4,6,9,11,19H,5,7-8,10H2,(H,17,18). The quantitative estimate of drug-likeness (QED) is 0.790. The van der Waals surface area contributed by atoms with Crippen molar-refractivity contribution in [1.82, 2.24) is 4.98 Å². The van der Waals surface area contributed by atoms with Gasteiger partial charge in [-0.05, 0) is 42.4 Å². The number of nitrogens with one attached hydrogen (secondary N) is 1. The van der Waals surface area contributed by atoms with Crippen LogP contribution in [0, 0.1) is 0 Å². The molecule has 0 radical (unpaired) electrons. The number of thiol groups is 1. The monoisotopic (exact) mass is 292 g/mol. The van der Waals surface area contributed by atoms with Crippen LogP contribution in [0.25, 0.3) is 0 Å². The second kappa shape index (κ2) is 7.41. The van der Waals surface area contributed by atoms with E-state index in [1.54, 1.807) is 0 Å². The lowest BCUT2D eigenvalue weighted by Gasteiger charge is -2.08. The first-order chi connectivity index (χ1) is 9.29. The van der Waals surface area contributed by atoms with E-state index in [0.29, 0.717) is 0 Å². The molecule has 1 N–H and O–H groups in total. The average molecular weight is 293 g/mol. The van der Waals surface area contributed by atoms with Crippen LogP contribution in [0.2, 0.25) is 5.02 Å². The number of anilines is 1. The summed E-state index contributed by atoms with van der Waals surface area (Å²) in [6.45, 7) is 0.855. The molecule has 0 aliphatic heterocycles. The molecule has 4 heteroatoms. The number of hydrogen-bond donors (Lipinski definition) is 2. The lowest BCUT2D eigenvalue weighted by atomic mass is 10.1. The summed E-state index contributed by atoms with van der Waals surface area (Å²) in [4.78, 5) is 4.30. The lowest BCUT2D eigenvalue weighted by molar-refractivity contribution is 1.01. The van der Waals surface area contributed by atoms with Crippen molar-refractivity contribution in [1.29, 1.82) is 0 Å². The number of hydrogen-bond acceptors (Lipinski definition) is 3. The maximum Gasteiger partial charge on any atom is 0.0438 e. The molecule has 0 amide bonds. The van der Waals surface area contributed by atoms with Gasteiger partial charge in [-0.25, -0.2) is 0 Å². The van der Waals surface area contributed by atoms with Crippen LogP contribution in [0.3, 0.4) is 0 Å². The SMILES string of the molecule is SCCc1cc(NCCc2ccccc2Cl)ccn1. The van der Waals surface area contributed by atoms with E-state index in [4.69, 9.17) is 11.6 Å². The number of pyridine rings is 1. The molecular weight excluding hydrogens is 276 g/mol. The van der Waals surface area contributed by atoms with E-state index in [1.165, 1.54) is 5.56 Å². The first-order valence-corrected chi connectivity index (χ1v) is 7.33. The van der Waals surface area contributed by atoms with Gasteiger partial charge in [0.2, 0.25) is 0 Å². The fourth-order valence-corrected chi connectivity index (χ4v) is 2.34. The maximum absolute atomic E-state index is 6.13. The zero-order valence-electron chi connectivity index (χ0n) is 10.6. The van der Waals surface area contributed by atoms with E-state index >= 15 is 0 Å². The van der Waals surface area contributed by atoms with Crippen LogP contribution in [-0.2, 0) is 12.8 Å². The molecule has 0 atom stereocenters. The van der Waals surface area contributed by atoms with Gasteiger partial charge in [0.25, 0.3) is 0 Å². The first-order valence-electron chi connectivity index (χ1n) is 6.32. The summed E-state index contributed by atoms with van der Waals surface area (Å²) >= 11 is 10.3. The number of nitrogens with zero attached hydrogens (tertiary/aromatic N) is 1. The number of halogens is 1. The summed E-state index contributed by atoms with van der Waals surface area (Å²) in [6, 6.07) is 12.0. The fraction of sp³-hybridized carbons (Fsp3) is 0.267. The number of aryl methyl sites for hydroxylation is 1. The van der Waals surface area contributed by atoms with Crippen LogP contribution < -0.4 is 5.32 Å². The predicted molar refractivity (Wildman–Crippen MR) is 85.4 cm³/mol. The van der Waals surface area contributed by atoms with Gasteiger partial charge in [-0.3, -0.25) is 4.98 Å². The summed E-state index contributed by atoms with van der Waals surface area (Å²) in [6.07, 6.45) is 3.63. The summed E-state index contributed by atoms with van der Waals surface area (Å²) in [5.41, 5.74) is 3.33. The van der Waals surface area contributed by atoms with Crippen molar-refractivity contribution >= 4 is 29.9 Å². The van der Waals surface area contributed by atoms with Crippen molar-refractivity contribution in [2.24, 2.45) is 0 Å². The van der Waals surface area contributed by atoms with Gasteiger partial charge in [0, 0.05) is 29.1 Å². The van der Waals surface area contributed by atoms with E-state index < -0.39 is 0 Å². The summed E-state index contributed by atoms with van der Waals surface area (Å²) < 4.78 is 0. The summed E-state index contributed by atoms with van der Waals surface area (Å²) in [7, 11) is 0. The lowest BCUT2D eigenvalue weighted by Crippen LogP contribution is -2.06. The molecule has 2 rings (SSSR count). The van der Waals surface area contributed by atoms with Crippen molar-refractivity contribution < 1.29 is 0 Å². The molecule has 2 nitrogen and oxygen atoms in total. The molecule has 0 bridgehead atoms. The zero-order chi connectivity index (χ0) is 13.5. The van der Waals surface area contributed by atoms with Gasteiger partial charge in [-0.1, -0.05) is 29.8 Å². The van der Waals surface area contributed by atoms with E-state index in [9.17, 15) is 0 Å². The molecule has 1 aromatic carbocycles. The molecule has 0 unspecified atom stereocenters. The average Bonchev–Trinajstić information content (AvgIpc) is 2.42. The minimum Gasteiger partial charge on any atom is -0.385 e. The third-order valence-corrected chi connectivity index (χ3v) is 3.46. The largest absolute Gasteiger partial charge is 0.385 e. The molecule has 0 spiro atoms. The van der Waals surface area contributed by atoms with E-state index in [2.05, 4.69) is 35.1 Å². The van der Waals surface area contributed by atoms with Crippen LogP contribution in [0.1, 0.15) is 11.3 Å². The second-order valence-corrected chi connectivity index (χ2v) is 5.13. The van der Waals surface area contributed by atoms with Crippen molar-refractivity contribution in [2.45, 2.75) is 12.8 Å². The molecule has 0 saturated carbocycles. The topological polar surface area (TPSA) is 24.9 Å². The van der Waals surface area contributed by atoms with Crippen LogP contribution in [0.5, 0.6) is 0 Å². The zero-order valence-corrected chi connectivity index (χ0v) is 12.3. The van der Waals surface area contributed by atoms with Crippen molar-refractivity contribution in [2.75, 3.05) is 17.6 Å². The van der Waals surface area contributed by atoms with Crippen molar-refractivity contribution in [3.05, 3.63) is 58.9 Å². The highest BCUT2D eigenvalue weighted by atomic mass is 35.5. The third kappa shape index (κ3) is 4.44. The minimum atomic E-state index is 0.816. The van der Waals surface area contributed by atoms with Gasteiger partial charge < -0.3 is 5.32 Å². The van der Waals surface area contributed by atoms with Crippen molar-refractivity contribution in [3.63, 3.8) is 0 Å². The molecule has 0 aliphatic rings. The van der Waals surface area contributed by atoms with Gasteiger partial charge in [-0.2, -0.15) is 12.6 Å². The minimum absolute atomic E-state index is 0.816. The molecule has 1 heterocycles. The Bertz CT molecular complexity index is 531. The normalized spacial score (nSPS) is 10.4. The number of rotatable bonds is 6. The number of benzene rings is 1. The summed E-state index contributed by atoms with van der Waals surface area (Å²) in [5, 5.41) is 4.22. The number of aromatic nitrogens is 1. The molecular formula is C15H17ClN2S. The fourth-order valence-electron chi connectivity index (χ4n) is 1.88. The Balaban J connectivity index is 1.89. The molecule has 100 valence electrons. The molecule has 0 aliphatic carbocycles. The van der Waals surface area contributed by atoms with Crippen LogP contribution >= 0.6 is 24.2 Å². The van der Waals surface area contributed by atoms with Crippen LogP contribution in [0.4, 0.5) is 5.69 Å². The molecule has 1 aromatic heterocycles. The Kier molecular flexibility index (Phi) is 5.55. The van der Waals surface area contributed by atoms with Gasteiger partial charge in [-0.15, -0.1) is 0 Å². The second-order valence-electron chi connectivity index (χ2n) is 4.28. The summed E-state index contributed by atoms with van der Waals surface area (Å²) in [5.74, 6) is 0.816. The molecule has 0 saturated heterocycles. The highest BCUT2D eigenvalue weighted by molar-refractivity contribution is 7.80. The Labute approximate surface area is 124 Å². The molecule has 2 aromatic rings. The Morgan fingerprint density at radius 3 is 2.79 bits per heavy atom. The van der Waals surface area contributed by atoms with Crippen LogP contribution in [-0.4, -0.2) is 17.3 Å². The van der Waals surface area contributed by atoms with Gasteiger partial charge >= 0.3 is 0 Å². The van der Waals surface area contributed by atoms with E-state index in [-0.39, 0.29) is 0 Å². The smallest absolute Gasteiger partial charge is 0.0438 e.